The predicted octanol–water partition coefficient (Wildman–Crippen LogP) is 1.81. The Labute approximate surface area is 98.2 Å². The molecule has 3 unspecified atom stereocenters. The lowest BCUT2D eigenvalue weighted by Crippen LogP contribution is -2.55. The second-order valence-corrected chi connectivity index (χ2v) is 6.09. The van der Waals surface area contributed by atoms with Crippen LogP contribution in [0.5, 0.6) is 0 Å². The lowest BCUT2D eigenvalue weighted by Gasteiger charge is -2.41. The molecule has 0 saturated heterocycles. The van der Waals surface area contributed by atoms with E-state index in [1.165, 1.54) is 12.8 Å². The summed E-state index contributed by atoms with van der Waals surface area (Å²) >= 11 is 0. The van der Waals surface area contributed by atoms with Gasteiger partial charge in [-0.1, -0.05) is 6.92 Å². The standard InChI is InChI=1S/C13H24N2O/c1-9-4-5-11(14)10(8-9)12(16)15-13(2)6-3-7-13/h9-11H,3-8,14H2,1-2H3,(H,15,16). The number of hydrogen-bond acceptors (Lipinski definition) is 2. The molecule has 2 rings (SSSR count). The quantitative estimate of drug-likeness (QED) is 0.751. The highest BCUT2D eigenvalue weighted by atomic mass is 16.2. The van der Waals surface area contributed by atoms with E-state index in [4.69, 9.17) is 5.73 Å². The fourth-order valence-corrected chi connectivity index (χ4v) is 2.93. The van der Waals surface area contributed by atoms with Crippen LogP contribution < -0.4 is 11.1 Å². The second kappa shape index (κ2) is 4.36. The summed E-state index contributed by atoms with van der Waals surface area (Å²) in [5, 5.41) is 3.19. The summed E-state index contributed by atoms with van der Waals surface area (Å²) in [6, 6.07) is 0.0693. The Hall–Kier alpha value is -0.570. The first kappa shape index (κ1) is 11.9. The van der Waals surface area contributed by atoms with Crippen LogP contribution in [0.4, 0.5) is 0 Å². The van der Waals surface area contributed by atoms with Crippen LogP contribution in [0.3, 0.4) is 0 Å². The van der Waals surface area contributed by atoms with E-state index in [2.05, 4.69) is 19.2 Å². The molecule has 2 aliphatic carbocycles. The number of rotatable bonds is 2. The molecule has 0 heterocycles. The van der Waals surface area contributed by atoms with Gasteiger partial charge in [-0.2, -0.15) is 0 Å². The van der Waals surface area contributed by atoms with Gasteiger partial charge in [0.1, 0.15) is 0 Å². The topological polar surface area (TPSA) is 55.1 Å². The van der Waals surface area contributed by atoms with Gasteiger partial charge in [-0.15, -0.1) is 0 Å². The molecule has 3 nitrogen and oxygen atoms in total. The van der Waals surface area contributed by atoms with E-state index < -0.39 is 0 Å². The molecule has 2 saturated carbocycles. The van der Waals surface area contributed by atoms with Gasteiger partial charge in [0.2, 0.25) is 5.91 Å². The maximum atomic E-state index is 12.2. The van der Waals surface area contributed by atoms with Crippen molar-refractivity contribution in [2.75, 3.05) is 0 Å². The third-order valence-corrected chi connectivity index (χ3v) is 4.38. The normalized spacial score (nSPS) is 37.6. The average molecular weight is 224 g/mol. The van der Waals surface area contributed by atoms with Crippen LogP contribution in [-0.2, 0) is 4.79 Å². The molecule has 16 heavy (non-hydrogen) atoms. The Morgan fingerprint density at radius 3 is 2.62 bits per heavy atom. The number of amides is 1. The number of nitrogens with two attached hydrogens (primary N) is 1. The number of carbonyl (C=O) groups is 1. The van der Waals surface area contributed by atoms with Crippen molar-refractivity contribution in [3.8, 4) is 0 Å². The molecular weight excluding hydrogens is 200 g/mol. The van der Waals surface area contributed by atoms with Gasteiger partial charge in [-0.05, 0) is 51.4 Å². The SMILES string of the molecule is CC1CCC(N)C(C(=O)NC2(C)CCC2)C1. The first-order valence-electron chi connectivity index (χ1n) is 6.58. The monoisotopic (exact) mass is 224 g/mol. The minimum absolute atomic E-state index is 0.0428. The van der Waals surface area contributed by atoms with Gasteiger partial charge in [0, 0.05) is 11.6 Å². The van der Waals surface area contributed by atoms with Crippen LogP contribution in [0, 0.1) is 11.8 Å². The van der Waals surface area contributed by atoms with Gasteiger partial charge in [-0.25, -0.2) is 0 Å². The molecule has 3 N–H and O–H groups in total. The van der Waals surface area contributed by atoms with Crippen molar-refractivity contribution in [3.63, 3.8) is 0 Å². The summed E-state index contributed by atoms with van der Waals surface area (Å²) in [7, 11) is 0. The van der Waals surface area contributed by atoms with Crippen LogP contribution in [0.15, 0.2) is 0 Å². The fraction of sp³-hybridized carbons (Fsp3) is 0.923. The van der Waals surface area contributed by atoms with Crippen molar-refractivity contribution < 1.29 is 4.79 Å². The molecule has 0 aromatic heterocycles. The van der Waals surface area contributed by atoms with Crippen LogP contribution >= 0.6 is 0 Å². The van der Waals surface area contributed by atoms with Crippen molar-refractivity contribution >= 4 is 5.91 Å². The van der Waals surface area contributed by atoms with E-state index in [-0.39, 0.29) is 23.4 Å². The van der Waals surface area contributed by atoms with Gasteiger partial charge in [0.05, 0.1) is 5.92 Å². The molecule has 92 valence electrons. The van der Waals surface area contributed by atoms with E-state index >= 15 is 0 Å². The summed E-state index contributed by atoms with van der Waals surface area (Å²) in [4.78, 5) is 12.2. The van der Waals surface area contributed by atoms with E-state index in [1.807, 2.05) is 0 Å². The maximum absolute atomic E-state index is 12.2. The van der Waals surface area contributed by atoms with Gasteiger partial charge in [-0.3, -0.25) is 4.79 Å². The Morgan fingerprint density at radius 1 is 1.38 bits per heavy atom. The van der Waals surface area contributed by atoms with Crippen molar-refractivity contribution in [1.29, 1.82) is 0 Å². The Kier molecular flexibility index (Phi) is 3.24. The average Bonchev–Trinajstić information content (AvgIpc) is 2.19. The van der Waals surface area contributed by atoms with Gasteiger partial charge in [0.15, 0.2) is 0 Å². The third-order valence-electron chi connectivity index (χ3n) is 4.38. The Balaban J connectivity index is 1.92. The smallest absolute Gasteiger partial charge is 0.225 e. The summed E-state index contributed by atoms with van der Waals surface area (Å²) in [6.45, 7) is 4.36. The highest BCUT2D eigenvalue weighted by Gasteiger charge is 2.38. The van der Waals surface area contributed by atoms with Gasteiger partial charge < -0.3 is 11.1 Å². The summed E-state index contributed by atoms with van der Waals surface area (Å²) in [5.41, 5.74) is 6.13. The Morgan fingerprint density at radius 2 is 2.06 bits per heavy atom. The summed E-state index contributed by atoms with van der Waals surface area (Å²) < 4.78 is 0. The largest absolute Gasteiger partial charge is 0.351 e. The van der Waals surface area contributed by atoms with E-state index in [0.717, 1.165) is 25.7 Å². The number of nitrogens with one attached hydrogen (secondary N) is 1. The lowest BCUT2D eigenvalue weighted by atomic mass is 9.75. The van der Waals surface area contributed by atoms with E-state index in [1.54, 1.807) is 0 Å². The van der Waals surface area contributed by atoms with Crippen molar-refractivity contribution in [1.82, 2.24) is 5.32 Å². The second-order valence-electron chi connectivity index (χ2n) is 6.09. The number of hydrogen-bond donors (Lipinski definition) is 2. The third kappa shape index (κ3) is 2.40. The van der Waals surface area contributed by atoms with Crippen molar-refractivity contribution in [3.05, 3.63) is 0 Å². The highest BCUT2D eigenvalue weighted by molar-refractivity contribution is 5.80. The first-order valence-corrected chi connectivity index (χ1v) is 6.58. The van der Waals surface area contributed by atoms with Crippen LogP contribution in [-0.4, -0.2) is 17.5 Å². The molecule has 3 atom stereocenters. The van der Waals surface area contributed by atoms with Gasteiger partial charge in [0.25, 0.3) is 0 Å². The molecule has 2 fully saturated rings. The van der Waals surface area contributed by atoms with Crippen LogP contribution in [0.1, 0.15) is 52.4 Å². The molecular formula is C13H24N2O. The fourth-order valence-electron chi connectivity index (χ4n) is 2.93. The molecule has 0 aromatic carbocycles. The molecule has 0 bridgehead atoms. The van der Waals surface area contributed by atoms with Crippen LogP contribution in [0.25, 0.3) is 0 Å². The predicted molar refractivity (Wildman–Crippen MR) is 64.9 cm³/mol. The van der Waals surface area contributed by atoms with Crippen molar-refractivity contribution in [2.24, 2.45) is 17.6 Å². The highest BCUT2D eigenvalue weighted by Crippen LogP contribution is 2.33. The van der Waals surface area contributed by atoms with Crippen LogP contribution in [0.2, 0.25) is 0 Å². The zero-order valence-electron chi connectivity index (χ0n) is 10.5. The first-order chi connectivity index (χ1) is 7.50. The van der Waals surface area contributed by atoms with Crippen molar-refractivity contribution in [2.45, 2.75) is 64.0 Å². The minimum atomic E-state index is 0.0428. The minimum Gasteiger partial charge on any atom is -0.351 e. The molecule has 2 aliphatic rings. The molecule has 3 heteroatoms. The molecule has 0 aromatic rings. The lowest BCUT2D eigenvalue weighted by molar-refractivity contribution is -0.129. The zero-order chi connectivity index (χ0) is 11.8. The van der Waals surface area contributed by atoms with E-state index in [0.29, 0.717) is 5.92 Å². The molecule has 1 amide bonds. The summed E-state index contributed by atoms with van der Waals surface area (Å²) in [5.74, 6) is 0.882. The maximum Gasteiger partial charge on any atom is 0.225 e. The van der Waals surface area contributed by atoms with E-state index in [9.17, 15) is 4.79 Å². The molecule has 0 spiro atoms. The Bertz CT molecular complexity index is 273. The zero-order valence-corrected chi connectivity index (χ0v) is 10.5. The molecule has 0 radical (unpaired) electrons. The molecule has 0 aliphatic heterocycles. The van der Waals surface area contributed by atoms with Gasteiger partial charge >= 0.3 is 0 Å². The number of carbonyl (C=O) groups excluding carboxylic acids is 1. The summed E-state index contributed by atoms with van der Waals surface area (Å²) in [6.07, 6.45) is 6.61.